The Kier molecular flexibility index (Phi) is 8.04. The molecular formula is C30H27ClF3N7O3. The lowest BCUT2D eigenvalue weighted by Crippen LogP contribution is -2.55. The van der Waals surface area contributed by atoms with Crippen molar-refractivity contribution in [3.05, 3.63) is 53.2 Å². The predicted octanol–water partition coefficient (Wildman–Crippen LogP) is 5.28. The molecule has 4 heterocycles. The van der Waals surface area contributed by atoms with Gasteiger partial charge in [-0.1, -0.05) is 35.9 Å². The molecule has 10 nitrogen and oxygen atoms in total. The maximum atomic E-state index is 16.5. The van der Waals surface area contributed by atoms with Crippen molar-refractivity contribution in [1.29, 1.82) is 5.26 Å². The van der Waals surface area contributed by atoms with E-state index in [9.17, 15) is 23.9 Å². The van der Waals surface area contributed by atoms with Gasteiger partial charge in [0.25, 0.3) is 0 Å². The van der Waals surface area contributed by atoms with E-state index in [1.54, 1.807) is 30.1 Å². The number of nitrogens with zero attached hydrogens (tertiary/aromatic N) is 7. The molecule has 3 atom stereocenters. The van der Waals surface area contributed by atoms with Gasteiger partial charge in [-0.05, 0) is 24.9 Å². The van der Waals surface area contributed by atoms with Gasteiger partial charge in [0.15, 0.2) is 5.82 Å². The van der Waals surface area contributed by atoms with Crippen LogP contribution in [-0.2, 0) is 0 Å². The number of likely N-dealkylation sites (tertiary alicyclic amines) is 1. The standard InChI is InChI=1S/C30H27ClF3N7O3/c1-39-10-8-20(32)22(39)15-44-29-37-27-19(28(38-29)40-11-12-41(30(42)43)17(14-40)7-9-35)13-36-26(25(27)34)18-4-2-3-16-5-6-21(33)24(31)23(16)18/h2-6,13,17,20,22H,7-8,10-12,14-15H2,1H3,(H,42,43)/t17?,20-,22+/m0/s1. The molecule has 2 fully saturated rings. The Morgan fingerprint density at radius 2 is 2.02 bits per heavy atom. The van der Waals surface area contributed by atoms with Gasteiger partial charge >= 0.3 is 12.1 Å². The summed E-state index contributed by atoms with van der Waals surface area (Å²) < 4.78 is 51.4. The highest BCUT2D eigenvalue weighted by molar-refractivity contribution is 6.36. The fourth-order valence-corrected chi connectivity index (χ4v) is 6.23. The summed E-state index contributed by atoms with van der Waals surface area (Å²) in [6.45, 7) is 0.854. The summed E-state index contributed by atoms with van der Waals surface area (Å²) in [6.07, 6.45) is -0.564. The molecule has 1 N–H and O–H groups in total. The molecule has 4 aromatic rings. The van der Waals surface area contributed by atoms with E-state index >= 15 is 4.39 Å². The van der Waals surface area contributed by atoms with Crippen LogP contribution in [0.1, 0.15) is 12.8 Å². The summed E-state index contributed by atoms with van der Waals surface area (Å²) in [5, 5.41) is 19.9. The van der Waals surface area contributed by atoms with Gasteiger partial charge in [-0.15, -0.1) is 0 Å². The van der Waals surface area contributed by atoms with Crippen LogP contribution >= 0.6 is 11.6 Å². The maximum Gasteiger partial charge on any atom is 0.407 e. The van der Waals surface area contributed by atoms with Crippen LogP contribution in [-0.4, -0.2) is 94.0 Å². The van der Waals surface area contributed by atoms with Crippen molar-refractivity contribution in [2.45, 2.75) is 31.1 Å². The molecule has 228 valence electrons. The fraction of sp³-hybridized carbons (Fsp3) is 0.367. The highest BCUT2D eigenvalue weighted by Gasteiger charge is 2.34. The zero-order valence-corrected chi connectivity index (χ0v) is 24.3. The zero-order chi connectivity index (χ0) is 31.1. The first-order valence-electron chi connectivity index (χ1n) is 14.0. The Morgan fingerprint density at radius 3 is 2.75 bits per heavy atom. The minimum absolute atomic E-state index is 0.0593. The number of carbonyl (C=O) groups is 1. The van der Waals surface area contributed by atoms with Gasteiger partial charge in [0.1, 0.15) is 35.6 Å². The second-order valence-electron chi connectivity index (χ2n) is 10.9. The second kappa shape index (κ2) is 11.9. The number of ether oxygens (including phenoxy) is 1. The fourth-order valence-electron chi connectivity index (χ4n) is 5.95. The number of hydrogen-bond donors (Lipinski definition) is 1. The number of alkyl halides is 1. The zero-order valence-electron chi connectivity index (χ0n) is 23.6. The summed E-state index contributed by atoms with van der Waals surface area (Å²) in [5.41, 5.74) is -0.0109. The number of rotatable bonds is 6. The number of amides is 1. The van der Waals surface area contributed by atoms with Crippen molar-refractivity contribution in [3.8, 4) is 23.3 Å². The molecule has 0 radical (unpaired) electrons. The molecule has 0 spiro atoms. The number of aromatic nitrogens is 3. The van der Waals surface area contributed by atoms with Crippen molar-refractivity contribution >= 4 is 45.2 Å². The summed E-state index contributed by atoms with van der Waals surface area (Å²) in [5.74, 6) is -1.26. The minimum atomic E-state index is -1.15. The van der Waals surface area contributed by atoms with E-state index in [0.717, 1.165) is 0 Å². The Labute approximate surface area is 255 Å². The average molecular weight is 626 g/mol. The number of piperazine rings is 1. The Morgan fingerprint density at radius 1 is 1.20 bits per heavy atom. The molecule has 2 saturated heterocycles. The highest BCUT2D eigenvalue weighted by atomic mass is 35.5. The Bertz CT molecular complexity index is 1800. The maximum absolute atomic E-state index is 16.5. The summed E-state index contributed by atoms with van der Waals surface area (Å²) in [4.78, 5) is 29.9. The van der Waals surface area contributed by atoms with E-state index in [2.05, 4.69) is 15.0 Å². The number of pyridine rings is 1. The molecule has 2 aliphatic heterocycles. The molecule has 1 amide bonds. The monoisotopic (exact) mass is 625 g/mol. The number of nitriles is 1. The molecule has 6 rings (SSSR count). The van der Waals surface area contributed by atoms with Gasteiger partial charge in [0.2, 0.25) is 0 Å². The van der Waals surface area contributed by atoms with Crippen LogP contribution in [0.3, 0.4) is 0 Å². The van der Waals surface area contributed by atoms with Gasteiger partial charge in [0.05, 0.1) is 35.0 Å². The number of halogens is 4. The third kappa shape index (κ3) is 5.28. The van der Waals surface area contributed by atoms with E-state index in [1.165, 1.54) is 23.2 Å². The quantitative estimate of drug-likeness (QED) is 0.305. The number of benzene rings is 2. The third-order valence-electron chi connectivity index (χ3n) is 8.31. The first kappa shape index (κ1) is 29.7. The smallest absolute Gasteiger partial charge is 0.407 e. The SMILES string of the molecule is CN1CC[C@H](F)[C@H]1COc1nc(N2CCN(C(=O)O)C(CC#N)C2)c2cnc(-c3cccc4ccc(F)c(Cl)c34)c(F)c2n1. The van der Waals surface area contributed by atoms with Gasteiger partial charge < -0.3 is 19.6 Å². The van der Waals surface area contributed by atoms with Crippen LogP contribution in [0.2, 0.25) is 5.02 Å². The topological polar surface area (TPSA) is 119 Å². The van der Waals surface area contributed by atoms with Crippen molar-refractivity contribution in [3.63, 3.8) is 0 Å². The predicted molar refractivity (Wildman–Crippen MR) is 158 cm³/mol. The van der Waals surface area contributed by atoms with Crippen molar-refractivity contribution in [2.24, 2.45) is 0 Å². The summed E-state index contributed by atoms with van der Waals surface area (Å²) >= 11 is 6.32. The van der Waals surface area contributed by atoms with Crippen molar-refractivity contribution < 1.29 is 27.8 Å². The van der Waals surface area contributed by atoms with E-state index in [4.69, 9.17) is 16.3 Å². The highest BCUT2D eigenvalue weighted by Crippen LogP contribution is 2.38. The molecule has 44 heavy (non-hydrogen) atoms. The number of likely N-dealkylation sites (N-methyl/N-ethyl adjacent to an activating group) is 1. The van der Waals surface area contributed by atoms with E-state index in [0.29, 0.717) is 18.4 Å². The van der Waals surface area contributed by atoms with Gasteiger partial charge in [0, 0.05) is 43.3 Å². The molecular weight excluding hydrogens is 599 g/mol. The number of hydrogen-bond acceptors (Lipinski definition) is 8. The van der Waals surface area contributed by atoms with Gasteiger partial charge in [-0.25, -0.2) is 18.0 Å². The van der Waals surface area contributed by atoms with Crippen LogP contribution in [0.15, 0.2) is 36.5 Å². The van der Waals surface area contributed by atoms with Crippen LogP contribution in [0, 0.1) is 23.0 Å². The largest absolute Gasteiger partial charge is 0.465 e. The first-order chi connectivity index (χ1) is 21.2. The van der Waals surface area contributed by atoms with Crippen LogP contribution < -0.4 is 9.64 Å². The molecule has 0 saturated carbocycles. The van der Waals surface area contributed by atoms with Crippen LogP contribution in [0.4, 0.5) is 23.8 Å². The van der Waals surface area contributed by atoms with Gasteiger partial charge in [-0.2, -0.15) is 15.2 Å². The van der Waals surface area contributed by atoms with Crippen LogP contribution in [0.5, 0.6) is 6.01 Å². The molecule has 2 aliphatic rings. The number of carboxylic acid groups (broad SMARTS) is 1. The second-order valence-corrected chi connectivity index (χ2v) is 11.3. The average Bonchev–Trinajstić information content (AvgIpc) is 3.34. The lowest BCUT2D eigenvalue weighted by atomic mass is 10.0. The van der Waals surface area contributed by atoms with Crippen molar-refractivity contribution in [2.75, 3.05) is 44.7 Å². The Hall–Kier alpha value is -4.41. The van der Waals surface area contributed by atoms with Gasteiger partial charge in [-0.3, -0.25) is 9.88 Å². The summed E-state index contributed by atoms with van der Waals surface area (Å²) in [6, 6.07) is 8.38. The molecule has 2 aromatic heterocycles. The Balaban J connectivity index is 1.48. The lowest BCUT2D eigenvalue weighted by molar-refractivity contribution is 0.119. The van der Waals surface area contributed by atoms with E-state index < -0.39 is 36.0 Å². The molecule has 2 aromatic carbocycles. The van der Waals surface area contributed by atoms with Crippen molar-refractivity contribution in [1.82, 2.24) is 24.8 Å². The number of anilines is 1. The molecule has 0 bridgehead atoms. The first-order valence-corrected chi connectivity index (χ1v) is 14.4. The van der Waals surface area contributed by atoms with Crippen LogP contribution in [0.25, 0.3) is 32.9 Å². The minimum Gasteiger partial charge on any atom is -0.465 e. The van der Waals surface area contributed by atoms with E-state index in [-0.39, 0.29) is 77.1 Å². The molecule has 14 heteroatoms. The molecule has 0 aliphatic carbocycles. The lowest BCUT2D eigenvalue weighted by Gasteiger charge is -2.39. The summed E-state index contributed by atoms with van der Waals surface area (Å²) in [7, 11) is 1.79. The number of fused-ring (bicyclic) bond motifs is 2. The van der Waals surface area contributed by atoms with E-state index in [1.807, 2.05) is 11.0 Å². The normalized spacial score (nSPS) is 20.8. The third-order valence-corrected chi connectivity index (χ3v) is 8.68. The molecule has 1 unspecified atom stereocenters.